The quantitative estimate of drug-likeness (QED) is 0.548. The number of rotatable bonds is 10. The highest BCUT2D eigenvalue weighted by atomic mass is 16.4. The van der Waals surface area contributed by atoms with E-state index in [2.05, 4.69) is 13.8 Å². The molecule has 0 atom stereocenters. The third-order valence-electron chi connectivity index (χ3n) is 3.59. The molecule has 1 aromatic rings. The molecule has 0 amide bonds. The van der Waals surface area contributed by atoms with E-state index < -0.39 is 11.9 Å². The molecule has 2 N–H and O–H groups in total. The average molecular weight is 322 g/mol. The monoisotopic (exact) mass is 322 g/mol. The first-order chi connectivity index (χ1) is 11.0. The number of carboxylic acids is 2. The fourth-order valence-corrected chi connectivity index (χ4v) is 2.14. The zero-order chi connectivity index (χ0) is 17.5. The molecule has 1 aromatic carbocycles. The lowest BCUT2D eigenvalue weighted by Crippen LogP contribution is -1.99. The minimum Gasteiger partial charge on any atom is -0.478 e. The molecule has 0 unspecified atom stereocenters. The Balaban J connectivity index is 0.000000423. The summed E-state index contributed by atoms with van der Waals surface area (Å²) in [4.78, 5) is 20.7. The predicted octanol–water partition coefficient (Wildman–Crippen LogP) is 5.62. The molecule has 1 rings (SSSR count). The molecule has 0 heterocycles. The van der Waals surface area contributed by atoms with Crippen LogP contribution in [0.2, 0.25) is 0 Å². The maximum Gasteiger partial charge on any atom is 0.335 e. The van der Waals surface area contributed by atoms with E-state index in [1.165, 1.54) is 82.1 Å². The van der Waals surface area contributed by atoms with Gasteiger partial charge in [0.1, 0.15) is 0 Å². The molecule has 0 saturated carbocycles. The first kappa shape index (κ1) is 21.2. The first-order valence-electron chi connectivity index (χ1n) is 8.59. The van der Waals surface area contributed by atoms with Crippen molar-refractivity contribution in [2.75, 3.05) is 0 Å². The van der Waals surface area contributed by atoms with Crippen molar-refractivity contribution in [1.82, 2.24) is 0 Å². The van der Waals surface area contributed by atoms with Gasteiger partial charge in [0.05, 0.1) is 11.1 Å². The highest BCUT2D eigenvalue weighted by Gasteiger charge is 2.04. The maximum absolute atomic E-state index is 10.3. The van der Waals surface area contributed by atoms with Crippen LogP contribution in [0.25, 0.3) is 0 Å². The van der Waals surface area contributed by atoms with Gasteiger partial charge < -0.3 is 10.2 Å². The number of carbonyl (C=O) groups is 2. The molecule has 0 bridgehead atoms. The van der Waals surface area contributed by atoms with E-state index in [1.807, 2.05) is 0 Å². The number of aromatic carboxylic acids is 2. The van der Waals surface area contributed by atoms with Crippen LogP contribution in [0.5, 0.6) is 0 Å². The molecule has 0 spiro atoms. The molecule has 23 heavy (non-hydrogen) atoms. The summed E-state index contributed by atoms with van der Waals surface area (Å²) in [5.74, 6) is -2.13. The molecule has 0 aliphatic heterocycles. The number of benzene rings is 1. The Hall–Kier alpha value is -1.84. The first-order valence-corrected chi connectivity index (χ1v) is 8.59. The Morgan fingerprint density at radius 2 is 0.913 bits per heavy atom. The van der Waals surface area contributed by atoms with Crippen LogP contribution in [0.3, 0.4) is 0 Å². The molecule has 0 aliphatic carbocycles. The van der Waals surface area contributed by atoms with Crippen molar-refractivity contribution in [3.05, 3.63) is 35.4 Å². The Morgan fingerprint density at radius 1 is 0.652 bits per heavy atom. The van der Waals surface area contributed by atoms with Gasteiger partial charge >= 0.3 is 11.9 Å². The number of hydrogen-bond donors (Lipinski definition) is 2. The van der Waals surface area contributed by atoms with Crippen LogP contribution < -0.4 is 0 Å². The Bertz CT molecular complexity index is 396. The van der Waals surface area contributed by atoms with Crippen molar-refractivity contribution in [3.63, 3.8) is 0 Å². The van der Waals surface area contributed by atoms with Crippen LogP contribution in [-0.4, -0.2) is 22.2 Å². The van der Waals surface area contributed by atoms with E-state index in [-0.39, 0.29) is 11.1 Å². The van der Waals surface area contributed by atoms with Crippen LogP contribution in [0.4, 0.5) is 0 Å². The van der Waals surface area contributed by atoms with Crippen LogP contribution in [0.15, 0.2) is 24.3 Å². The standard InChI is InChI=1S/C11H24.C8H6O4/c1-3-5-7-9-11-10-8-6-4-2;9-7(10)5-1-2-6(4-3-5)8(11)12/h3-11H2,1-2H3;1-4H,(H,9,10)(H,11,12). The Kier molecular flexibility index (Phi) is 12.7. The van der Waals surface area contributed by atoms with Gasteiger partial charge in [0.25, 0.3) is 0 Å². The van der Waals surface area contributed by atoms with Crippen LogP contribution in [0, 0.1) is 0 Å². The molecule has 0 aliphatic rings. The van der Waals surface area contributed by atoms with Gasteiger partial charge in [0, 0.05) is 0 Å². The van der Waals surface area contributed by atoms with Gasteiger partial charge in [-0.15, -0.1) is 0 Å². The van der Waals surface area contributed by atoms with Crippen molar-refractivity contribution in [2.24, 2.45) is 0 Å². The van der Waals surface area contributed by atoms with E-state index in [4.69, 9.17) is 10.2 Å². The summed E-state index contributed by atoms with van der Waals surface area (Å²) in [6.45, 7) is 4.55. The van der Waals surface area contributed by atoms with Crippen molar-refractivity contribution >= 4 is 11.9 Å². The summed E-state index contributed by atoms with van der Waals surface area (Å²) in [6, 6.07) is 5.02. The van der Waals surface area contributed by atoms with E-state index in [0.717, 1.165) is 0 Å². The second-order valence-electron chi connectivity index (χ2n) is 5.66. The number of hydrogen-bond acceptors (Lipinski definition) is 2. The maximum atomic E-state index is 10.3. The number of unbranched alkanes of at least 4 members (excludes halogenated alkanes) is 8. The summed E-state index contributed by atoms with van der Waals surface area (Å²) in [6.07, 6.45) is 13.0. The van der Waals surface area contributed by atoms with E-state index in [1.54, 1.807) is 0 Å². The topological polar surface area (TPSA) is 74.6 Å². The van der Waals surface area contributed by atoms with E-state index in [0.29, 0.717) is 0 Å². The molecule has 0 radical (unpaired) electrons. The lowest BCUT2D eigenvalue weighted by molar-refractivity contribution is 0.0681. The van der Waals surface area contributed by atoms with Gasteiger partial charge in [-0.05, 0) is 24.3 Å². The van der Waals surface area contributed by atoms with E-state index >= 15 is 0 Å². The molecule has 4 heteroatoms. The zero-order valence-corrected chi connectivity index (χ0v) is 14.4. The van der Waals surface area contributed by atoms with E-state index in [9.17, 15) is 9.59 Å². The summed E-state index contributed by atoms with van der Waals surface area (Å²) >= 11 is 0. The third-order valence-corrected chi connectivity index (χ3v) is 3.59. The predicted molar refractivity (Wildman–Crippen MR) is 93.3 cm³/mol. The Morgan fingerprint density at radius 3 is 1.13 bits per heavy atom. The van der Waals surface area contributed by atoms with Gasteiger partial charge in [-0.25, -0.2) is 9.59 Å². The zero-order valence-electron chi connectivity index (χ0n) is 14.4. The molecule has 0 saturated heterocycles. The largest absolute Gasteiger partial charge is 0.478 e. The third kappa shape index (κ3) is 11.4. The molecular formula is C19H30O4. The van der Waals surface area contributed by atoms with Gasteiger partial charge in [0.2, 0.25) is 0 Å². The summed E-state index contributed by atoms with van der Waals surface area (Å²) in [5, 5.41) is 16.9. The molecule has 130 valence electrons. The highest BCUT2D eigenvalue weighted by molar-refractivity contribution is 5.91. The molecule has 0 fully saturated rings. The highest BCUT2D eigenvalue weighted by Crippen LogP contribution is 2.08. The normalized spacial score (nSPS) is 9.83. The van der Waals surface area contributed by atoms with Crippen LogP contribution in [-0.2, 0) is 0 Å². The summed E-state index contributed by atoms with van der Waals surface area (Å²) < 4.78 is 0. The second kappa shape index (κ2) is 13.8. The lowest BCUT2D eigenvalue weighted by Gasteiger charge is -1.98. The Labute approximate surface area is 139 Å². The van der Waals surface area contributed by atoms with Crippen LogP contribution >= 0.6 is 0 Å². The molecule has 0 aromatic heterocycles. The fraction of sp³-hybridized carbons (Fsp3) is 0.579. The van der Waals surface area contributed by atoms with Crippen molar-refractivity contribution in [3.8, 4) is 0 Å². The van der Waals surface area contributed by atoms with Crippen molar-refractivity contribution < 1.29 is 19.8 Å². The minimum atomic E-state index is -1.06. The lowest BCUT2D eigenvalue weighted by atomic mass is 10.1. The van der Waals surface area contributed by atoms with Gasteiger partial charge in [-0.3, -0.25) is 0 Å². The van der Waals surface area contributed by atoms with Gasteiger partial charge in [-0.2, -0.15) is 0 Å². The van der Waals surface area contributed by atoms with Crippen molar-refractivity contribution in [1.29, 1.82) is 0 Å². The van der Waals surface area contributed by atoms with Gasteiger partial charge in [0.15, 0.2) is 0 Å². The molecular weight excluding hydrogens is 292 g/mol. The van der Waals surface area contributed by atoms with Gasteiger partial charge in [-0.1, -0.05) is 71.6 Å². The fourth-order valence-electron chi connectivity index (χ4n) is 2.14. The van der Waals surface area contributed by atoms with Crippen molar-refractivity contribution in [2.45, 2.75) is 71.6 Å². The minimum absolute atomic E-state index is 0.0833. The number of carboxylic acid groups (broad SMARTS) is 2. The molecule has 4 nitrogen and oxygen atoms in total. The smallest absolute Gasteiger partial charge is 0.335 e. The summed E-state index contributed by atoms with van der Waals surface area (Å²) in [5.41, 5.74) is 0.167. The SMILES string of the molecule is CCCCCCCCCCC.O=C(O)c1ccc(C(=O)O)cc1. The average Bonchev–Trinajstić information content (AvgIpc) is 2.55. The second-order valence-corrected chi connectivity index (χ2v) is 5.66. The summed E-state index contributed by atoms with van der Waals surface area (Å²) in [7, 11) is 0. The van der Waals surface area contributed by atoms with Crippen LogP contribution in [0.1, 0.15) is 92.4 Å².